The summed E-state index contributed by atoms with van der Waals surface area (Å²) in [7, 11) is 6.27. The van der Waals surface area contributed by atoms with Crippen LogP contribution in [0.3, 0.4) is 0 Å². The van der Waals surface area contributed by atoms with Gasteiger partial charge in [-0.1, -0.05) is 0 Å². The van der Waals surface area contributed by atoms with E-state index in [1.165, 1.54) is 26.7 Å². The van der Waals surface area contributed by atoms with Crippen LogP contribution in [0.25, 0.3) is 11.0 Å². The average molecular weight is 317 g/mol. The third-order valence-electron chi connectivity index (χ3n) is 3.46. The number of methoxy groups -OCH3 is 2. The van der Waals surface area contributed by atoms with Crippen LogP contribution in [-0.2, 0) is 4.79 Å². The maximum atomic E-state index is 12.8. The van der Waals surface area contributed by atoms with Crippen molar-refractivity contribution in [2.75, 3.05) is 28.3 Å². The molecule has 1 aromatic carbocycles. The number of Topliss-reactive ketones (excluding diaryl/α,β-unsaturated/α-hetero) is 1. The fourth-order valence-corrected chi connectivity index (χ4v) is 2.56. The normalized spacial score (nSPS) is 15.6. The van der Waals surface area contributed by atoms with Gasteiger partial charge >= 0.3 is 5.97 Å². The summed E-state index contributed by atoms with van der Waals surface area (Å²) in [5, 5.41) is 0.568. The summed E-state index contributed by atoms with van der Waals surface area (Å²) in [5.74, 6) is -0.749. The molecule has 0 atom stereocenters. The van der Waals surface area contributed by atoms with Crippen molar-refractivity contribution in [2.45, 2.75) is 0 Å². The molecule has 0 N–H and O–H groups in total. The van der Waals surface area contributed by atoms with Crippen LogP contribution >= 0.6 is 0 Å². The highest BCUT2D eigenvalue weighted by molar-refractivity contribution is 6.30. The molecule has 0 spiro atoms. The maximum Gasteiger partial charge on any atom is 0.349 e. The van der Waals surface area contributed by atoms with Gasteiger partial charge in [0.25, 0.3) is 0 Å². The summed E-state index contributed by atoms with van der Waals surface area (Å²) in [5.41, 5.74) is 0.417. The largest absolute Gasteiger partial charge is 0.495 e. The lowest BCUT2D eigenvalue weighted by molar-refractivity contribution is -0.130. The van der Waals surface area contributed by atoms with Crippen LogP contribution in [-0.4, -0.2) is 45.0 Å². The number of esters is 1. The van der Waals surface area contributed by atoms with Gasteiger partial charge in [-0.25, -0.2) is 4.79 Å². The first-order chi connectivity index (χ1) is 11.0. The van der Waals surface area contributed by atoms with Crippen molar-refractivity contribution in [2.24, 2.45) is 0 Å². The van der Waals surface area contributed by atoms with Gasteiger partial charge in [-0.15, -0.1) is 0 Å². The molecule has 1 aliphatic rings. The molecular weight excluding hydrogens is 302 g/mol. The quantitative estimate of drug-likeness (QED) is 0.371. The Balaban J connectivity index is 2.37. The van der Waals surface area contributed by atoms with Crippen molar-refractivity contribution < 1.29 is 28.2 Å². The molecular formula is C16H15NO6. The Hall–Kier alpha value is -2.96. The predicted octanol–water partition coefficient (Wildman–Crippen LogP) is 2.00. The van der Waals surface area contributed by atoms with Crippen LogP contribution in [0.4, 0.5) is 0 Å². The number of carbonyl (C=O) groups excluding carboxylic acids is 2. The Morgan fingerprint density at radius 2 is 1.83 bits per heavy atom. The summed E-state index contributed by atoms with van der Waals surface area (Å²) >= 11 is 0. The summed E-state index contributed by atoms with van der Waals surface area (Å²) < 4.78 is 21.4. The fraction of sp³-hybridized carbons (Fsp3) is 0.250. The molecule has 23 heavy (non-hydrogen) atoms. The molecule has 2 aromatic rings. The molecule has 0 bridgehead atoms. The highest BCUT2D eigenvalue weighted by Crippen LogP contribution is 2.48. The number of carbonyl (C=O) groups is 2. The van der Waals surface area contributed by atoms with Crippen LogP contribution < -0.4 is 14.2 Å². The van der Waals surface area contributed by atoms with Crippen molar-refractivity contribution in [3.8, 4) is 17.2 Å². The van der Waals surface area contributed by atoms with Gasteiger partial charge in [-0.3, -0.25) is 4.79 Å². The Morgan fingerprint density at radius 3 is 2.43 bits per heavy atom. The van der Waals surface area contributed by atoms with Gasteiger partial charge in [0.15, 0.2) is 11.3 Å². The smallest absolute Gasteiger partial charge is 0.349 e. The molecule has 0 saturated carbocycles. The van der Waals surface area contributed by atoms with Gasteiger partial charge in [0, 0.05) is 20.3 Å². The number of ketones is 1. The van der Waals surface area contributed by atoms with Gasteiger partial charge in [-0.2, -0.15) is 0 Å². The molecule has 0 amide bonds. The number of ether oxygens (including phenoxy) is 3. The Labute approximate surface area is 132 Å². The zero-order chi connectivity index (χ0) is 16.7. The summed E-state index contributed by atoms with van der Waals surface area (Å²) in [6.45, 7) is 0. The SMILES string of the molecule is COc1c2c(c(OC)c3occc13)OC(=O)/C(=C\N(C)C)C2=O. The van der Waals surface area contributed by atoms with E-state index in [0.717, 1.165) is 0 Å². The monoisotopic (exact) mass is 317 g/mol. The molecule has 1 aliphatic heterocycles. The van der Waals surface area contributed by atoms with E-state index in [4.69, 9.17) is 18.6 Å². The number of fused-ring (bicyclic) bond motifs is 2. The molecule has 7 nitrogen and oxygen atoms in total. The molecule has 7 heteroatoms. The minimum absolute atomic E-state index is 0.0118. The minimum atomic E-state index is -0.748. The van der Waals surface area contributed by atoms with Crippen molar-refractivity contribution >= 4 is 22.7 Å². The lowest BCUT2D eigenvalue weighted by Crippen LogP contribution is -2.27. The first-order valence-corrected chi connectivity index (χ1v) is 6.79. The lowest BCUT2D eigenvalue weighted by Gasteiger charge is -2.22. The number of benzene rings is 1. The second-order valence-electron chi connectivity index (χ2n) is 5.16. The van der Waals surface area contributed by atoms with Crippen molar-refractivity contribution in [3.05, 3.63) is 29.7 Å². The van der Waals surface area contributed by atoms with Crippen molar-refractivity contribution in [1.29, 1.82) is 0 Å². The minimum Gasteiger partial charge on any atom is -0.495 e. The van der Waals surface area contributed by atoms with Crippen molar-refractivity contribution in [1.82, 2.24) is 4.90 Å². The van der Waals surface area contributed by atoms with E-state index < -0.39 is 11.8 Å². The van der Waals surface area contributed by atoms with Crippen LogP contribution in [0.2, 0.25) is 0 Å². The van der Waals surface area contributed by atoms with Crippen LogP contribution in [0.15, 0.2) is 28.5 Å². The first kappa shape index (κ1) is 15.0. The molecule has 0 saturated heterocycles. The molecule has 2 heterocycles. The van der Waals surface area contributed by atoms with Gasteiger partial charge in [0.1, 0.15) is 16.9 Å². The molecule has 1 aromatic heterocycles. The average Bonchev–Trinajstić information content (AvgIpc) is 2.98. The number of furan rings is 1. The number of hydrogen-bond acceptors (Lipinski definition) is 7. The van der Waals surface area contributed by atoms with Gasteiger partial charge in [0.05, 0.1) is 25.9 Å². The topological polar surface area (TPSA) is 78.2 Å². The molecule has 0 radical (unpaired) electrons. The van der Waals surface area contributed by atoms with E-state index in [-0.39, 0.29) is 28.4 Å². The third-order valence-corrected chi connectivity index (χ3v) is 3.46. The summed E-state index contributed by atoms with van der Waals surface area (Å²) in [6.07, 6.45) is 2.86. The van der Waals surface area contributed by atoms with Gasteiger partial charge < -0.3 is 23.5 Å². The number of rotatable bonds is 3. The molecule has 3 rings (SSSR count). The van der Waals surface area contributed by atoms with Crippen LogP contribution in [0.1, 0.15) is 10.4 Å². The van der Waals surface area contributed by atoms with Crippen molar-refractivity contribution in [3.63, 3.8) is 0 Å². The highest BCUT2D eigenvalue weighted by atomic mass is 16.6. The Kier molecular flexibility index (Phi) is 3.48. The van der Waals surface area contributed by atoms with E-state index in [0.29, 0.717) is 11.0 Å². The highest BCUT2D eigenvalue weighted by Gasteiger charge is 2.38. The second-order valence-corrected chi connectivity index (χ2v) is 5.16. The lowest BCUT2D eigenvalue weighted by atomic mass is 9.97. The predicted molar refractivity (Wildman–Crippen MR) is 81.1 cm³/mol. The number of hydrogen-bond donors (Lipinski definition) is 0. The Morgan fingerprint density at radius 1 is 1.13 bits per heavy atom. The van der Waals surface area contributed by atoms with Gasteiger partial charge in [-0.05, 0) is 6.07 Å². The standard InChI is InChI=1S/C16H15NO6/c1-17(2)7-9-11(18)10-12(20-3)8-5-6-22-13(8)15(21-4)14(10)23-16(9)19/h5-7H,1-4H3/b9-7-. The summed E-state index contributed by atoms with van der Waals surface area (Å²) in [6, 6.07) is 1.66. The second kappa shape index (κ2) is 5.35. The summed E-state index contributed by atoms with van der Waals surface area (Å²) in [4.78, 5) is 26.6. The maximum absolute atomic E-state index is 12.8. The fourth-order valence-electron chi connectivity index (χ4n) is 2.56. The van der Waals surface area contributed by atoms with E-state index in [1.807, 2.05) is 0 Å². The molecule has 0 fully saturated rings. The molecule has 0 aliphatic carbocycles. The van der Waals surface area contributed by atoms with E-state index >= 15 is 0 Å². The number of nitrogens with zero attached hydrogens (tertiary/aromatic N) is 1. The van der Waals surface area contributed by atoms with Crippen LogP contribution in [0.5, 0.6) is 17.2 Å². The van der Waals surface area contributed by atoms with E-state index in [2.05, 4.69) is 0 Å². The Bertz CT molecular complexity index is 846. The van der Waals surface area contributed by atoms with E-state index in [9.17, 15) is 9.59 Å². The van der Waals surface area contributed by atoms with Crippen LogP contribution in [0, 0.1) is 0 Å². The third kappa shape index (κ3) is 2.12. The zero-order valence-electron chi connectivity index (χ0n) is 13.1. The van der Waals surface area contributed by atoms with Gasteiger partial charge in [0.2, 0.25) is 11.5 Å². The zero-order valence-corrected chi connectivity index (χ0v) is 13.1. The first-order valence-electron chi connectivity index (χ1n) is 6.79. The van der Waals surface area contributed by atoms with E-state index in [1.54, 1.807) is 25.1 Å². The molecule has 0 unspecified atom stereocenters. The molecule has 120 valence electrons.